The van der Waals surface area contributed by atoms with E-state index in [2.05, 4.69) is 25.7 Å². The molecule has 0 aliphatic carbocycles. The van der Waals surface area contributed by atoms with Crippen molar-refractivity contribution in [1.29, 1.82) is 0 Å². The summed E-state index contributed by atoms with van der Waals surface area (Å²) in [5, 5.41) is 0. The molecule has 0 spiro atoms. The molecule has 1 nitrogen and oxygen atoms in total. The van der Waals surface area contributed by atoms with Gasteiger partial charge in [0.2, 0.25) is 0 Å². The molecule has 1 fully saturated rings. The maximum absolute atomic E-state index is 2.51. The molecule has 1 unspecified atom stereocenters. The van der Waals surface area contributed by atoms with Gasteiger partial charge in [0.15, 0.2) is 0 Å². The second-order valence-corrected chi connectivity index (χ2v) is 2.85. The normalized spacial score (nSPS) is 36.0. The molecule has 0 aromatic heterocycles. The van der Waals surface area contributed by atoms with Crippen molar-refractivity contribution in [3.8, 4) is 0 Å². The fourth-order valence-corrected chi connectivity index (χ4v) is 1.19. The summed E-state index contributed by atoms with van der Waals surface area (Å²) in [6, 6.07) is 1.70. The smallest absolute Gasteiger partial charge is 0.0224 e. The molecule has 0 aromatic carbocycles. The van der Waals surface area contributed by atoms with E-state index in [9.17, 15) is 0 Å². The molecule has 0 radical (unpaired) electrons. The Balaban J connectivity index is 2.16. The summed E-state index contributed by atoms with van der Waals surface area (Å²) in [5.41, 5.74) is 0. The Morgan fingerprint density at radius 3 is 2.38 bits per heavy atom. The Morgan fingerprint density at radius 1 is 1.62 bits per heavy atom. The summed E-state index contributed by atoms with van der Waals surface area (Å²) in [4.78, 5) is 2.51. The van der Waals surface area contributed by atoms with Crippen LogP contribution in [0.5, 0.6) is 0 Å². The molecule has 2 atom stereocenters. The maximum atomic E-state index is 2.51. The van der Waals surface area contributed by atoms with Gasteiger partial charge >= 0.3 is 0 Å². The van der Waals surface area contributed by atoms with E-state index >= 15 is 0 Å². The molecule has 1 heteroatoms. The highest BCUT2D eigenvalue weighted by molar-refractivity contribution is 4.89. The van der Waals surface area contributed by atoms with Crippen molar-refractivity contribution < 1.29 is 0 Å². The molecule has 0 N–H and O–H groups in total. The van der Waals surface area contributed by atoms with E-state index in [1.54, 1.807) is 0 Å². The van der Waals surface area contributed by atoms with Gasteiger partial charge in [0.1, 0.15) is 0 Å². The van der Waals surface area contributed by atoms with Gasteiger partial charge in [-0.05, 0) is 20.3 Å². The molecule has 0 aromatic rings. The first-order valence-corrected chi connectivity index (χ1v) is 3.51. The van der Waals surface area contributed by atoms with Gasteiger partial charge in [-0.3, -0.25) is 4.90 Å². The predicted octanol–water partition coefficient (Wildman–Crippen LogP) is 1.49. The summed E-state index contributed by atoms with van der Waals surface area (Å²) < 4.78 is 0. The molecule has 0 saturated carbocycles. The summed E-state index contributed by atoms with van der Waals surface area (Å²) in [5.74, 6) is 0. The molecular weight excluding hydrogens is 98.1 g/mol. The second-order valence-electron chi connectivity index (χ2n) is 2.85. The van der Waals surface area contributed by atoms with Gasteiger partial charge in [-0.2, -0.15) is 0 Å². The van der Waals surface area contributed by atoms with Crippen molar-refractivity contribution in [3.63, 3.8) is 0 Å². The standard InChI is InChI=1S/C7H15N/c1-4-7-5-8(7)6(2)3/h6-7H,4-5H2,1-3H3/t7-,8?/m1/s1. The van der Waals surface area contributed by atoms with Crippen LogP contribution in [0.1, 0.15) is 27.2 Å². The van der Waals surface area contributed by atoms with E-state index in [1.807, 2.05) is 0 Å². The lowest BCUT2D eigenvalue weighted by molar-refractivity contribution is 0.417. The minimum absolute atomic E-state index is 0.778. The molecule has 1 saturated heterocycles. The largest absolute Gasteiger partial charge is 0.295 e. The van der Waals surface area contributed by atoms with Crippen LogP contribution >= 0.6 is 0 Å². The van der Waals surface area contributed by atoms with Crippen LogP contribution in [0.3, 0.4) is 0 Å². The lowest BCUT2D eigenvalue weighted by Crippen LogP contribution is -2.11. The zero-order valence-electron chi connectivity index (χ0n) is 6.02. The third kappa shape index (κ3) is 1.03. The number of nitrogens with zero attached hydrogens (tertiary/aromatic N) is 1. The second kappa shape index (κ2) is 2.06. The molecule has 48 valence electrons. The summed E-state index contributed by atoms with van der Waals surface area (Å²) in [6.07, 6.45) is 1.33. The zero-order valence-corrected chi connectivity index (χ0v) is 6.02. The van der Waals surface area contributed by atoms with Crippen molar-refractivity contribution in [2.75, 3.05) is 6.54 Å². The summed E-state index contributed by atoms with van der Waals surface area (Å²) in [7, 11) is 0. The topological polar surface area (TPSA) is 3.01 Å². The SMILES string of the molecule is CC[C@@H]1CN1C(C)C. The average Bonchev–Trinajstić information content (AvgIpc) is 2.42. The van der Waals surface area contributed by atoms with Crippen LogP contribution < -0.4 is 0 Å². The van der Waals surface area contributed by atoms with Gasteiger partial charge in [0.05, 0.1) is 0 Å². The third-order valence-electron chi connectivity index (χ3n) is 1.89. The van der Waals surface area contributed by atoms with Crippen LogP contribution in [-0.2, 0) is 0 Å². The Morgan fingerprint density at radius 2 is 2.25 bits per heavy atom. The summed E-state index contributed by atoms with van der Waals surface area (Å²) in [6.45, 7) is 8.12. The van der Waals surface area contributed by atoms with E-state index in [0.717, 1.165) is 12.1 Å². The first kappa shape index (κ1) is 6.09. The number of hydrogen-bond donors (Lipinski definition) is 0. The Kier molecular flexibility index (Phi) is 1.57. The monoisotopic (exact) mass is 113 g/mol. The zero-order chi connectivity index (χ0) is 6.15. The average molecular weight is 113 g/mol. The van der Waals surface area contributed by atoms with Crippen molar-refractivity contribution in [2.24, 2.45) is 0 Å². The lowest BCUT2D eigenvalue weighted by atomic mass is 10.3. The molecule has 0 amide bonds. The van der Waals surface area contributed by atoms with E-state index in [4.69, 9.17) is 0 Å². The highest BCUT2D eigenvalue weighted by atomic mass is 15.3. The maximum Gasteiger partial charge on any atom is 0.0224 e. The Labute approximate surface area is 51.7 Å². The van der Waals surface area contributed by atoms with Crippen LogP contribution in [0.4, 0.5) is 0 Å². The fourth-order valence-electron chi connectivity index (χ4n) is 1.19. The van der Waals surface area contributed by atoms with E-state index in [0.29, 0.717) is 0 Å². The summed E-state index contributed by atoms with van der Waals surface area (Å²) >= 11 is 0. The molecule has 1 aliphatic heterocycles. The minimum atomic E-state index is 0.778. The van der Waals surface area contributed by atoms with Crippen molar-refractivity contribution in [3.05, 3.63) is 0 Å². The third-order valence-corrected chi connectivity index (χ3v) is 1.89. The molecule has 8 heavy (non-hydrogen) atoms. The quantitative estimate of drug-likeness (QED) is 0.490. The van der Waals surface area contributed by atoms with Crippen molar-refractivity contribution in [2.45, 2.75) is 39.3 Å². The van der Waals surface area contributed by atoms with Gasteiger partial charge in [0.25, 0.3) is 0 Å². The molecular formula is C7H15N. The van der Waals surface area contributed by atoms with Crippen LogP contribution in [-0.4, -0.2) is 23.5 Å². The number of rotatable bonds is 2. The number of hydrogen-bond acceptors (Lipinski definition) is 1. The Hall–Kier alpha value is -0.0400. The van der Waals surface area contributed by atoms with Crippen molar-refractivity contribution in [1.82, 2.24) is 4.90 Å². The molecule has 1 aliphatic rings. The van der Waals surface area contributed by atoms with Crippen LogP contribution in [0.25, 0.3) is 0 Å². The molecule has 1 heterocycles. The fraction of sp³-hybridized carbons (Fsp3) is 1.00. The van der Waals surface area contributed by atoms with E-state index < -0.39 is 0 Å². The van der Waals surface area contributed by atoms with Gasteiger partial charge in [-0.25, -0.2) is 0 Å². The van der Waals surface area contributed by atoms with Crippen LogP contribution in [0.15, 0.2) is 0 Å². The first-order valence-electron chi connectivity index (χ1n) is 3.51. The lowest BCUT2D eigenvalue weighted by Gasteiger charge is -2.04. The van der Waals surface area contributed by atoms with Crippen LogP contribution in [0.2, 0.25) is 0 Å². The van der Waals surface area contributed by atoms with E-state index in [1.165, 1.54) is 13.0 Å². The predicted molar refractivity (Wildman–Crippen MR) is 35.9 cm³/mol. The van der Waals surface area contributed by atoms with Gasteiger partial charge in [-0.1, -0.05) is 6.92 Å². The van der Waals surface area contributed by atoms with Crippen molar-refractivity contribution >= 4 is 0 Å². The highest BCUT2D eigenvalue weighted by Gasteiger charge is 2.33. The molecule has 1 rings (SSSR count). The highest BCUT2D eigenvalue weighted by Crippen LogP contribution is 2.22. The Bertz CT molecular complexity index is 78.5. The first-order chi connectivity index (χ1) is 3.75. The van der Waals surface area contributed by atoms with Gasteiger partial charge in [-0.15, -0.1) is 0 Å². The minimum Gasteiger partial charge on any atom is -0.295 e. The van der Waals surface area contributed by atoms with E-state index in [-0.39, 0.29) is 0 Å². The molecule has 0 bridgehead atoms. The van der Waals surface area contributed by atoms with Crippen LogP contribution in [0, 0.1) is 0 Å². The van der Waals surface area contributed by atoms with Gasteiger partial charge in [0, 0.05) is 18.6 Å². The van der Waals surface area contributed by atoms with Gasteiger partial charge < -0.3 is 0 Å².